The summed E-state index contributed by atoms with van der Waals surface area (Å²) in [5.41, 5.74) is 2.12. The Morgan fingerprint density at radius 1 is 1.29 bits per heavy atom. The molecule has 0 bridgehead atoms. The Balaban J connectivity index is 2.13. The fourth-order valence-electron chi connectivity index (χ4n) is 1.90. The van der Waals surface area contributed by atoms with Gasteiger partial charge >= 0.3 is 0 Å². The van der Waals surface area contributed by atoms with E-state index in [0.29, 0.717) is 5.88 Å². The molecule has 114 valence electrons. The lowest BCUT2D eigenvalue weighted by Gasteiger charge is -2.15. The number of ether oxygens (including phenoxy) is 1. The number of thiazole rings is 1. The Hall–Kier alpha value is -1.53. The number of hydrogen-bond donors (Lipinski definition) is 1. The average Bonchev–Trinajstić information content (AvgIpc) is 2.93. The molecule has 0 saturated carbocycles. The number of likely N-dealkylation sites (N-methyl/N-ethyl adjacent to an activating group) is 1. The van der Waals surface area contributed by atoms with Crippen LogP contribution in [-0.4, -0.2) is 29.3 Å². The van der Waals surface area contributed by atoms with Gasteiger partial charge in [0.1, 0.15) is 0 Å². The number of methoxy groups -OCH3 is 1. The van der Waals surface area contributed by atoms with Crippen LogP contribution in [0.2, 0.25) is 0 Å². The molecule has 1 atom stereocenters. The molecule has 0 saturated heterocycles. The van der Waals surface area contributed by atoms with Crippen LogP contribution in [0.3, 0.4) is 0 Å². The molecular formula is C15H22N4OS. The summed E-state index contributed by atoms with van der Waals surface area (Å²) in [4.78, 5) is 4.73. The van der Waals surface area contributed by atoms with Gasteiger partial charge in [-0.2, -0.15) is 5.10 Å². The highest BCUT2D eigenvalue weighted by atomic mass is 32.1. The van der Waals surface area contributed by atoms with Crippen molar-refractivity contribution < 1.29 is 4.74 Å². The number of rotatable bonds is 5. The predicted octanol–water partition coefficient (Wildman–Crippen LogP) is 2.74. The Morgan fingerprint density at radius 2 is 2.05 bits per heavy atom. The van der Waals surface area contributed by atoms with E-state index >= 15 is 0 Å². The maximum Gasteiger partial charge on any atom is 0.233 e. The number of nitrogens with one attached hydrogen (secondary N) is 1. The van der Waals surface area contributed by atoms with E-state index in [9.17, 15) is 0 Å². The molecule has 2 aromatic rings. The molecule has 1 unspecified atom stereocenters. The molecule has 0 spiro atoms. The van der Waals surface area contributed by atoms with Gasteiger partial charge < -0.3 is 10.1 Å². The molecule has 6 heteroatoms. The van der Waals surface area contributed by atoms with Gasteiger partial charge in [0.15, 0.2) is 0 Å². The van der Waals surface area contributed by atoms with Gasteiger partial charge in [0.25, 0.3) is 0 Å². The van der Waals surface area contributed by atoms with Crippen molar-refractivity contribution in [2.75, 3.05) is 14.2 Å². The van der Waals surface area contributed by atoms with Gasteiger partial charge in [0.05, 0.1) is 29.5 Å². The van der Waals surface area contributed by atoms with Crippen molar-refractivity contribution in [2.45, 2.75) is 38.6 Å². The summed E-state index contributed by atoms with van der Waals surface area (Å²) in [6.07, 6.45) is 0.804. The Morgan fingerprint density at radius 3 is 2.52 bits per heavy atom. The van der Waals surface area contributed by atoms with Gasteiger partial charge in [0, 0.05) is 23.3 Å². The van der Waals surface area contributed by atoms with Crippen LogP contribution >= 0.6 is 11.3 Å². The molecule has 2 heterocycles. The van der Waals surface area contributed by atoms with Crippen LogP contribution in [-0.2, 0) is 11.8 Å². The van der Waals surface area contributed by atoms with Crippen LogP contribution in [0.25, 0.3) is 0 Å². The minimum atomic E-state index is 0.0871. The van der Waals surface area contributed by atoms with E-state index in [1.807, 2.05) is 19.2 Å². The zero-order valence-electron chi connectivity index (χ0n) is 13.2. The number of nitrogens with zero attached hydrogens (tertiary/aromatic N) is 3. The summed E-state index contributed by atoms with van der Waals surface area (Å²) < 4.78 is 5.04. The monoisotopic (exact) mass is 306 g/mol. The van der Waals surface area contributed by atoms with Crippen molar-refractivity contribution in [1.29, 1.82) is 0 Å². The maximum absolute atomic E-state index is 5.04. The number of aromatic nitrogens is 3. The molecule has 0 radical (unpaired) electrons. The molecular weight excluding hydrogens is 284 g/mol. The molecule has 0 aliphatic carbocycles. The second-order valence-corrected chi connectivity index (χ2v) is 6.87. The van der Waals surface area contributed by atoms with Crippen LogP contribution in [0.4, 0.5) is 0 Å². The predicted molar refractivity (Wildman–Crippen MR) is 84.9 cm³/mol. The lowest BCUT2D eigenvalue weighted by atomic mass is 9.93. The Bertz CT molecular complexity index is 574. The first-order chi connectivity index (χ1) is 9.94. The highest BCUT2D eigenvalue weighted by Gasteiger charge is 2.20. The summed E-state index contributed by atoms with van der Waals surface area (Å²) in [6, 6.07) is 3.86. The van der Waals surface area contributed by atoms with Crippen molar-refractivity contribution in [3.05, 3.63) is 33.9 Å². The SMILES string of the molecule is CNC(Cc1nc(C(C)(C)C)cs1)c1ccc(OC)nn1. The molecule has 5 nitrogen and oxygen atoms in total. The van der Waals surface area contributed by atoms with E-state index in [2.05, 4.69) is 41.7 Å². The quantitative estimate of drug-likeness (QED) is 0.920. The summed E-state index contributed by atoms with van der Waals surface area (Å²) in [6.45, 7) is 6.53. The zero-order chi connectivity index (χ0) is 15.5. The van der Waals surface area contributed by atoms with Gasteiger partial charge in [-0.3, -0.25) is 0 Å². The average molecular weight is 306 g/mol. The van der Waals surface area contributed by atoms with Crippen LogP contribution in [0.15, 0.2) is 17.5 Å². The second-order valence-electron chi connectivity index (χ2n) is 5.92. The first-order valence-corrected chi connectivity index (χ1v) is 7.81. The van der Waals surface area contributed by atoms with E-state index in [0.717, 1.165) is 22.8 Å². The molecule has 2 rings (SSSR count). The number of hydrogen-bond acceptors (Lipinski definition) is 6. The van der Waals surface area contributed by atoms with Crippen LogP contribution in [0.1, 0.15) is 43.2 Å². The molecule has 1 N–H and O–H groups in total. The third-order valence-corrected chi connectivity index (χ3v) is 4.15. The fraction of sp³-hybridized carbons (Fsp3) is 0.533. The van der Waals surface area contributed by atoms with Crippen molar-refractivity contribution in [3.63, 3.8) is 0 Å². The van der Waals surface area contributed by atoms with E-state index in [-0.39, 0.29) is 11.5 Å². The summed E-state index contributed by atoms with van der Waals surface area (Å²) in [7, 11) is 3.51. The first kappa shape index (κ1) is 15.9. The first-order valence-electron chi connectivity index (χ1n) is 6.94. The smallest absolute Gasteiger partial charge is 0.233 e. The Labute approximate surface area is 129 Å². The minimum Gasteiger partial charge on any atom is -0.480 e. The lowest BCUT2D eigenvalue weighted by Crippen LogP contribution is -2.20. The van der Waals surface area contributed by atoms with Crippen molar-refractivity contribution in [2.24, 2.45) is 0 Å². The third kappa shape index (κ3) is 3.98. The van der Waals surface area contributed by atoms with Crippen molar-refractivity contribution >= 4 is 11.3 Å². The molecule has 0 aliphatic heterocycles. The maximum atomic E-state index is 5.04. The van der Waals surface area contributed by atoms with Gasteiger partial charge in [0.2, 0.25) is 5.88 Å². The van der Waals surface area contributed by atoms with Gasteiger partial charge in [-0.05, 0) is 13.1 Å². The van der Waals surface area contributed by atoms with Crippen LogP contribution < -0.4 is 10.1 Å². The van der Waals surface area contributed by atoms with Crippen LogP contribution in [0.5, 0.6) is 5.88 Å². The minimum absolute atomic E-state index is 0.0871. The highest BCUT2D eigenvalue weighted by Crippen LogP contribution is 2.26. The van der Waals surface area contributed by atoms with Crippen molar-refractivity contribution in [3.8, 4) is 5.88 Å². The normalized spacial score (nSPS) is 13.2. The van der Waals surface area contributed by atoms with Gasteiger partial charge in [-0.1, -0.05) is 20.8 Å². The molecule has 0 aromatic carbocycles. The summed E-state index contributed by atoms with van der Waals surface area (Å²) in [5.74, 6) is 0.526. The largest absolute Gasteiger partial charge is 0.480 e. The van der Waals surface area contributed by atoms with Gasteiger partial charge in [-0.25, -0.2) is 4.98 Å². The zero-order valence-corrected chi connectivity index (χ0v) is 14.0. The topological polar surface area (TPSA) is 59.9 Å². The van der Waals surface area contributed by atoms with Crippen LogP contribution in [0, 0.1) is 0 Å². The molecule has 0 amide bonds. The lowest BCUT2D eigenvalue weighted by molar-refractivity contribution is 0.389. The third-order valence-electron chi connectivity index (χ3n) is 3.27. The molecule has 2 aromatic heterocycles. The standard InChI is InChI=1S/C15H22N4OS/c1-15(2,3)12-9-21-14(17-12)8-11(16-4)10-6-7-13(20-5)19-18-10/h6-7,9,11,16H,8H2,1-5H3. The van der Waals surface area contributed by atoms with E-state index in [1.54, 1.807) is 18.4 Å². The van der Waals surface area contributed by atoms with E-state index in [1.165, 1.54) is 0 Å². The Kier molecular flexibility index (Phi) is 4.90. The highest BCUT2D eigenvalue weighted by molar-refractivity contribution is 7.09. The second kappa shape index (κ2) is 6.49. The van der Waals surface area contributed by atoms with E-state index in [4.69, 9.17) is 9.72 Å². The summed E-state index contributed by atoms with van der Waals surface area (Å²) in [5, 5.41) is 14.8. The molecule has 0 fully saturated rings. The van der Waals surface area contributed by atoms with Gasteiger partial charge in [-0.15, -0.1) is 16.4 Å². The van der Waals surface area contributed by atoms with E-state index < -0.39 is 0 Å². The molecule has 21 heavy (non-hydrogen) atoms. The molecule has 0 aliphatic rings. The summed E-state index contributed by atoms with van der Waals surface area (Å²) >= 11 is 1.70. The van der Waals surface area contributed by atoms with Crippen molar-refractivity contribution in [1.82, 2.24) is 20.5 Å². The fourth-order valence-corrected chi connectivity index (χ4v) is 2.97.